The summed E-state index contributed by atoms with van der Waals surface area (Å²) in [5, 5.41) is 11.3. The molecule has 0 saturated carbocycles. The molecule has 12 heavy (non-hydrogen) atoms. The van der Waals surface area contributed by atoms with Crippen LogP contribution < -0.4 is 5.32 Å². The number of carboxylic acids is 1. The molecular weight excluding hydrogens is 156 g/mol. The van der Waals surface area contributed by atoms with Gasteiger partial charge in [-0.05, 0) is 19.1 Å². The molecule has 1 aromatic heterocycles. The van der Waals surface area contributed by atoms with Crippen molar-refractivity contribution in [2.75, 3.05) is 5.32 Å². The summed E-state index contributed by atoms with van der Waals surface area (Å²) in [6, 6.07) is 4.68. The molecule has 1 aromatic rings. The number of hydrogen-bond acceptors (Lipinski definition) is 3. The summed E-state index contributed by atoms with van der Waals surface area (Å²) in [4.78, 5) is 14.3. The number of nitrogens with one attached hydrogen (secondary N) is 1. The number of rotatable bonds is 3. The standard InChI is InChI=1S/C8H10N2O2/c1-6(8(11)12)10-7-4-2-3-5-9-7/h2-6H,1H3,(H,9,10)(H,11,12). The van der Waals surface area contributed by atoms with Crippen LogP contribution in [0, 0.1) is 0 Å². The predicted molar refractivity (Wildman–Crippen MR) is 45.0 cm³/mol. The van der Waals surface area contributed by atoms with Gasteiger partial charge in [0.15, 0.2) is 0 Å². The lowest BCUT2D eigenvalue weighted by molar-refractivity contribution is -0.137. The molecule has 0 spiro atoms. The van der Waals surface area contributed by atoms with E-state index in [0.29, 0.717) is 5.82 Å². The number of anilines is 1. The molecule has 1 heterocycles. The second kappa shape index (κ2) is 3.71. The Morgan fingerprint density at radius 3 is 2.92 bits per heavy atom. The van der Waals surface area contributed by atoms with Gasteiger partial charge in [0.1, 0.15) is 11.9 Å². The number of carbonyl (C=O) groups is 1. The van der Waals surface area contributed by atoms with Gasteiger partial charge in [0.05, 0.1) is 0 Å². The third-order valence-electron chi connectivity index (χ3n) is 1.40. The van der Waals surface area contributed by atoms with Gasteiger partial charge in [-0.1, -0.05) is 6.07 Å². The minimum absolute atomic E-state index is 0.576. The zero-order valence-electron chi connectivity index (χ0n) is 6.69. The Morgan fingerprint density at radius 1 is 1.67 bits per heavy atom. The minimum atomic E-state index is -0.888. The quantitative estimate of drug-likeness (QED) is 0.702. The molecule has 4 heteroatoms. The molecule has 0 amide bonds. The summed E-state index contributed by atoms with van der Waals surface area (Å²) in [6.07, 6.45) is 1.61. The van der Waals surface area contributed by atoms with Gasteiger partial charge in [-0.3, -0.25) is 4.79 Å². The molecule has 0 aliphatic carbocycles. The van der Waals surface area contributed by atoms with Gasteiger partial charge in [0, 0.05) is 6.20 Å². The largest absolute Gasteiger partial charge is 0.480 e. The highest BCUT2D eigenvalue weighted by molar-refractivity contribution is 5.76. The van der Waals surface area contributed by atoms with Gasteiger partial charge in [-0.25, -0.2) is 4.98 Å². The van der Waals surface area contributed by atoms with Crippen LogP contribution in [-0.2, 0) is 4.79 Å². The van der Waals surface area contributed by atoms with Crippen molar-refractivity contribution in [1.29, 1.82) is 0 Å². The van der Waals surface area contributed by atoms with E-state index < -0.39 is 12.0 Å². The molecule has 0 aromatic carbocycles. The summed E-state index contributed by atoms with van der Waals surface area (Å²) in [6.45, 7) is 1.57. The number of carboxylic acid groups (broad SMARTS) is 1. The van der Waals surface area contributed by atoms with E-state index in [1.165, 1.54) is 0 Å². The van der Waals surface area contributed by atoms with Crippen molar-refractivity contribution in [1.82, 2.24) is 4.98 Å². The lowest BCUT2D eigenvalue weighted by Crippen LogP contribution is -2.25. The van der Waals surface area contributed by atoms with Crippen LogP contribution in [0.15, 0.2) is 24.4 Å². The van der Waals surface area contributed by atoms with E-state index in [0.717, 1.165) is 0 Å². The Kier molecular flexibility index (Phi) is 2.63. The first kappa shape index (κ1) is 8.52. The minimum Gasteiger partial charge on any atom is -0.480 e. The maximum absolute atomic E-state index is 10.4. The summed E-state index contributed by atoms with van der Waals surface area (Å²) in [5.41, 5.74) is 0. The Labute approximate surface area is 70.3 Å². The smallest absolute Gasteiger partial charge is 0.325 e. The zero-order valence-corrected chi connectivity index (χ0v) is 6.69. The molecule has 0 bridgehead atoms. The molecule has 0 fully saturated rings. The van der Waals surface area contributed by atoms with Gasteiger partial charge in [0.25, 0.3) is 0 Å². The third-order valence-corrected chi connectivity index (χ3v) is 1.40. The third kappa shape index (κ3) is 2.23. The zero-order chi connectivity index (χ0) is 8.97. The van der Waals surface area contributed by atoms with Crippen LogP contribution in [0.4, 0.5) is 5.82 Å². The predicted octanol–water partition coefficient (Wildman–Crippen LogP) is 0.967. The maximum atomic E-state index is 10.4. The highest BCUT2D eigenvalue weighted by atomic mass is 16.4. The van der Waals surface area contributed by atoms with E-state index in [9.17, 15) is 4.79 Å². The van der Waals surface area contributed by atoms with Crippen molar-refractivity contribution >= 4 is 11.8 Å². The first-order valence-electron chi connectivity index (χ1n) is 3.60. The Bertz CT molecular complexity index is 261. The molecule has 0 aliphatic rings. The SMILES string of the molecule is CC(Nc1ccccn1)C(=O)O. The molecule has 64 valence electrons. The van der Waals surface area contributed by atoms with E-state index in [-0.39, 0.29) is 0 Å². The lowest BCUT2D eigenvalue weighted by atomic mass is 10.3. The van der Waals surface area contributed by atoms with Gasteiger partial charge in [0.2, 0.25) is 0 Å². The average Bonchev–Trinajstić information content (AvgIpc) is 2.06. The van der Waals surface area contributed by atoms with Gasteiger partial charge in [-0.15, -0.1) is 0 Å². The monoisotopic (exact) mass is 166 g/mol. The number of aliphatic carboxylic acids is 1. The van der Waals surface area contributed by atoms with Crippen molar-refractivity contribution in [2.24, 2.45) is 0 Å². The van der Waals surface area contributed by atoms with Crippen LogP contribution in [0.1, 0.15) is 6.92 Å². The van der Waals surface area contributed by atoms with Gasteiger partial charge >= 0.3 is 5.97 Å². The fraction of sp³-hybridized carbons (Fsp3) is 0.250. The first-order valence-corrected chi connectivity index (χ1v) is 3.60. The fourth-order valence-electron chi connectivity index (χ4n) is 0.732. The van der Waals surface area contributed by atoms with Crippen LogP contribution >= 0.6 is 0 Å². The molecule has 0 saturated heterocycles. The molecule has 0 radical (unpaired) electrons. The number of pyridine rings is 1. The lowest BCUT2D eigenvalue weighted by Gasteiger charge is -2.08. The molecular formula is C8H10N2O2. The number of hydrogen-bond donors (Lipinski definition) is 2. The van der Waals surface area contributed by atoms with Crippen molar-refractivity contribution in [2.45, 2.75) is 13.0 Å². The summed E-state index contributed by atoms with van der Waals surface area (Å²) >= 11 is 0. The van der Waals surface area contributed by atoms with Crippen molar-refractivity contribution in [3.05, 3.63) is 24.4 Å². The molecule has 0 aliphatic heterocycles. The van der Waals surface area contributed by atoms with E-state index >= 15 is 0 Å². The van der Waals surface area contributed by atoms with Crippen LogP contribution in [0.5, 0.6) is 0 Å². The van der Waals surface area contributed by atoms with E-state index in [4.69, 9.17) is 5.11 Å². The second-order valence-corrected chi connectivity index (χ2v) is 2.42. The summed E-state index contributed by atoms with van der Waals surface area (Å²) in [5.74, 6) is -0.312. The molecule has 2 N–H and O–H groups in total. The van der Waals surface area contributed by atoms with Crippen LogP contribution in [0.3, 0.4) is 0 Å². The molecule has 1 rings (SSSR count). The average molecular weight is 166 g/mol. The normalized spacial score (nSPS) is 12.1. The summed E-state index contributed by atoms with van der Waals surface area (Å²) < 4.78 is 0. The van der Waals surface area contributed by atoms with Crippen molar-refractivity contribution < 1.29 is 9.90 Å². The number of aromatic nitrogens is 1. The van der Waals surface area contributed by atoms with Crippen LogP contribution in [-0.4, -0.2) is 22.1 Å². The first-order chi connectivity index (χ1) is 5.70. The number of nitrogens with zero attached hydrogens (tertiary/aromatic N) is 1. The highest BCUT2D eigenvalue weighted by Gasteiger charge is 2.09. The maximum Gasteiger partial charge on any atom is 0.325 e. The molecule has 1 unspecified atom stereocenters. The van der Waals surface area contributed by atoms with Gasteiger partial charge < -0.3 is 10.4 Å². The van der Waals surface area contributed by atoms with E-state index in [1.54, 1.807) is 31.3 Å². The van der Waals surface area contributed by atoms with Crippen molar-refractivity contribution in [3.63, 3.8) is 0 Å². The summed E-state index contributed by atoms with van der Waals surface area (Å²) in [7, 11) is 0. The van der Waals surface area contributed by atoms with Crippen LogP contribution in [0.2, 0.25) is 0 Å². The Hall–Kier alpha value is -1.58. The molecule has 1 atom stereocenters. The van der Waals surface area contributed by atoms with E-state index in [2.05, 4.69) is 10.3 Å². The second-order valence-electron chi connectivity index (χ2n) is 2.42. The highest BCUT2D eigenvalue weighted by Crippen LogP contribution is 2.01. The molecule has 4 nitrogen and oxygen atoms in total. The van der Waals surface area contributed by atoms with E-state index in [1.807, 2.05) is 0 Å². The fourth-order valence-corrected chi connectivity index (χ4v) is 0.732. The van der Waals surface area contributed by atoms with Gasteiger partial charge in [-0.2, -0.15) is 0 Å². The Balaban J connectivity index is 2.58. The van der Waals surface area contributed by atoms with Crippen molar-refractivity contribution in [3.8, 4) is 0 Å². The van der Waals surface area contributed by atoms with Crippen LogP contribution in [0.25, 0.3) is 0 Å². The topological polar surface area (TPSA) is 62.2 Å². The Morgan fingerprint density at radius 2 is 2.42 bits per heavy atom.